The molecule has 0 radical (unpaired) electrons. The van der Waals surface area contributed by atoms with Gasteiger partial charge in [0.05, 0.1) is 40.5 Å². The molecular weight excluding hydrogens is 1030 g/mol. The second kappa shape index (κ2) is 18.3. The number of likely N-dealkylation sites (N-methyl/N-ethyl adjacent to an activating group) is 1. The summed E-state index contributed by atoms with van der Waals surface area (Å²) in [5.41, 5.74) is -5.90. The number of sulfonamides is 1. The van der Waals surface area contributed by atoms with Crippen LogP contribution in [0.3, 0.4) is 0 Å². The average molecular weight is 1070 g/mol. The van der Waals surface area contributed by atoms with Crippen LogP contribution in [0.1, 0.15) is 66.1 Å². The number of aliphatic hydroxyl groups excluding tert-OH is 1. The van der Waals surface area contributed by atoms with Crippen molar-refractivity contribution in [3.05, 3.63) is 93.0 Å². The van der Waals surface area contributed by atoms with Crippen LogP contribution in [0.2, 0.25) is 5.02 Å². The minimum absolute atomic E-state index is 0.0413. The number of hydrogen-bond donors (Lipinski definition) is 2. The van der Waals surface area contributed by atoms with Gasteiger partial charge in [-0.25, -0.2) is 35.4 Å². The lowest BCUT2D eigenvalue weighted by Crippen LogP contribution is -2.45. The zero-order valence-electron chi connectivity index (χ0n) is 37.5. The van der Waals surface area contributed by atoms with Crippen molar-refractivity contribution in [2.75, 3.05) is 37.0 Å². The van der Waals surface area contributed by atoms with Crippen molar-refractivity contribution in [1.82, 2.24) is 34.8 Å². The lowest BCUT2D eigenvalue weighted by molar-refractivity contribution is -0.143. The first-order valence-corrected chi connectivity index (χ1v) is 24.9. The van der Waals surface area contributed by atoms with Crippen LogP contribution in [0.5, 0.6) is 0 Å². The number of anilines is 1. The third-order valence-corrected chi connectivity index (χ3v) is 15.0. The Morgan fingerprint density at radius 2 is 1.61 bits per heavy atom. The molecule has 0 bridgehead atoms. The van der Waals surface area contributed by atoms with Gasteiger partial charge in [0.2, 0.25) is 15.9 Å². The number of alkyl halides is 8. The summed E-state index contributed by atoms with van der Waals surface area (Å²) in [6.45, 7) is -1.95. The van der Waals surface area contributed by atoms with Crippen LogP contribution < -0.4 is 9.62 Å². The monoisotopic (exact) mass is 1070 g/mol. The van der Waals surface area contributed by atoms with E-state index in [0.717, 1.165) is 49.7 Å². The molecule has 0 spiro atoms. The Morgan fingerprint density at radius 3 is 2.18 bits per heavy atom. The number of nitrogens with zero attached hydrogens (tertiary/aromatic N) is 7. The molecule has 5 aromatic rings. The van der Waals surface area contributed by atoms with Crippen LogP contribution >= 0.6 is 11.6 Å². The first-order valence-electron chi connectivity index (χ1n) is 20.8. The van der Waals surface area contributed by atoms with Gasteiger partial charge in [0.1, 0.15) is 40.9 Å². The van der Waals surface area contributed by atoms with E-state index in [1.807, 2.05) is 0 Å². The molecule has 28 heteroatoms. The van der Waals surface area contributed by atoms with Gasteiger partial charge < -0.3 is 15.3 Å². The molecule has 71 heavy (non-hydrogen) atoms. The van der Waals surface area contributed by atoms with E-state index in [-0.39, 0.29) is 42.5 Å². The Morgan fingerprint density at radius 1 is 0.972 bits per heavy atom. The average Bonchev–Trinajstić information content (AvgIpc) is 3.74. The maximum atomic E-state index is 15.6. The van der Waals surface area contributed by atoms with Crippen LogP contribution in [-0.2, 0) is 56.3 Å². The van der Waals surface area contributed by atoms with Crippen molar-refractivity contribution in [3.63, 3.8) is 0 Å². The van der Waals surface area contributed by atoms with Crippen LogP contribution in [0.15, 0.2) is 42.5 Å². The molecule has 382 valence electrons. The molecule has 15 nitrogen and oxygen atoms in total. The maximum Gasteiger partial charge on any atom is 0.435 e. The molecule has 2 aliphatic carbocycles. The zero-order chi connectivity index (χ0) is 52.7. The number of pyridine rings is 1. The number of amides is 3. The van der Waals surface area contributed by atoms with Crippen molar-refractivity contribution in [3.8, 4) is 23.0 Å². The van der Waals surface area contributed by atoms with Gasteiger partial charge in [-0.15, -0.1) is 0 Å². The second-order valence-corrected chi connectivity index (χ2v) is 22.3. The van der Waals surface area contributed by atoms with Crippen molar-refractivity contribution >= 4 is 60.1 Å². The fourth-order valence-electron chi connectivity index (χ4n) is 8.19. The van der Waals surface area contributed by atoms with E-state index in [4.69, 9.17) is 11.6 Å². The Balaban J connectivity index is 1.49. The summed E-state index contributed by atoms with van der Waals surface area (Å²) in [5.74, 6) is -6.03. The molecule has 3 heterocycles. The van der Waals surface area contributed by atoms with Crippen LogP contribution in [0, 0.1) is 29.4 Å². The van der Waals surface area contributed by atoms with Crippen molar-refractivity contribution in [2.45, 2.75) is 74.8 Å². The Hall–Kier alpha value is -5.98. The van der Waals surface area contributed by atoms with Gasteiger partial charge in [0, 0.05) is 48.5 Å². The Kier molecular flexibility index (Phi) is 13.6. The Labute approximate surface area is 402 Å². The number of rotatable bonds is 13. The fraction of sp³-hybridized carbons (Fsp3) is 0.419. The quantitative estimate of drug-likeness (QED) is 0.0909. The predicted octanol–water partition coefficient (Wildman–Crippen LogP) is 7.10. The maximum absolute atomic E-state index is 15.6. The van der Waals surface area contributed by atoms with Gasteiger partial charge in [-0.05, 0) is 74.4 Å². The van der Waals surface area contributed by atoms with E-state index in [1.54, 1.807) is 0 Å². The van der Waals surface area contributed by atoms with E-state index < -0.39 is 161 Å². The number of fused-ring (bicyclic) bond motifs is 4. The molecule has 1 saturated carbocycles. The molecule has 7 rings (SSSR count). The minimum Gasteiger partial charge on any atom is -0.395 e. The summed E-state index contributed by atoms with van der Waals surface area (Å²) in [7, 11) is -7.64. The highest BCUT2D eigenvalue weighted by molar-refractivity contribution is 7.93. The Bertz CT molecular complexity index is 3280. The summed E-state index contributed by atoms with van der Waals surface area (Å²) in [5, 5.41) is 18.1. The third kappa shape index (κ3) is 10.5. The molecular formula is C43H39ClF10N8O7S2. The number of halogens is 11. The lowest BCUT2D eigenvalue weighted by atomic mass is 9.93. The molecule has 3 amide bonds. The first-order chi connectivity index (χ1) is 32.6. The number of aromatic nitrogens is 5. The number of sulfone groups is 1. The number of urea groups is 1. The SMILES string of the molecule is CN(CCO)C(=O)N(c1nn(CC(F)(F)F)c2c(-c3ccc(C#CC(C)(C)S(C)(=O)=O)nc3[C@H](Cc3cc(F)cc(F)c3)NC(=O)Cn3nc(C(F)(F)F)c4c3C(F)(F)[C@@H]3C[C@H]43)ccc(Cl)c12)S(C)(=O)=O. The van der Waals surface area contributed by atoms with Crippen LogP contribution in [0.25, 0.3) is 22.0 Å². The number of benzene rings is 2. The molecule has 2 aromatic carbocycles. The molecule has 0 unspecified atom stereocenters. The topological polar surface area (TPSA) is 190 Å². The summed E-state index contributed by atoms with van der Waals surface area (Å²) >= 11 is 6.61. The van der Waals surface area contributed by atoms with Gasteiger partial charge in [0.15, 0.2) is 21.3 Å². The third-order valence-electron chi connectivity index (χ3n) is 11.8. The van der Waals surface area contributed by atoms with Crippen molar-refractivity contribution in [2.24, 2.45) is 5.92 Å². The van der Waals surface area contributed by atoms with Crippen LogP contribution in [0.4, 0.5) is 54.5 Å². The minimum atomic E-state index is -5.22. The number of carbonyl (C=O) groups excluding carboxylic acids is 2. The van der Waals surface area contributed by atoms with Gasteiger partial charge in [-0.2, -0.15) is 49.6 Å². The molecule has 2 aliphatic rings. The van der Waals surface area contributed by atoms with Crippen molar-refractivity contribution < 1.29 is 75.4 Å². The normalized spacial score (nSPS) is 17.0. The van der Waals surface area contributed by atoms with Gasteiger partial charge in [-0.3, -0.25) is 14.2 Å². The first kappa shape index (κ1) is 52.8. The highest BCUT2D eigenvalue weighted by atomic mass is 35.5. The molecule has 1 fully saturated rings. The highest BCUT2D eigenvalue weighted by Gasteiger charge is 2.68. The van der Waals surface area contributed by atoms with Crippen molar-refractivity contribution in [1.29, 1.82) is 0 Å². The van der Waals surface area contributed by atoms with Crippen LogP contribution in [-0.4, -0.2) is 107 Å². The van der Waals surface area contributed by atoms with E-state index in [1.165, 1.54) is 13.8 Å². The lowest BCUT2D eigenvalue weighted by Gasteiger charge is -2.25. The number of carbonyl (C=O) groups is 2. The summed E-state index contributed by atoms with van der Waals surface area (Å²) < 4.78 is 197. The molecule has 0 saturated heterocycles. The highest BCUT2D eigenvalue weighted by Crippen LogP contribution is 2.68. The molecule has 3 aromatic heterocycles. The van der Waals surface area contributed by atoms with E-state index in [9.17, 15) is 66.7 Å². The summed E-state index contributed by atoms with van der Waals surface area (Å²) in [4.78, 5) is 33.1. The van der Waals surface area contributed by atoms with Gasteiger partial charge >= 0.3 is 18.4 Å². The van der Waals surface area contributed by atoms with Gasteiger partial charge in [0.25, 0.3) is 5.92 Å². The standard InChI is InChI=1S/C43H39ClF10N8O7S2/c1-40(2,70(4,66)67)11-10-24-6-7-25(26-8-9-29(44)33-35(26)61(20-41(47,48)49)58-38(33)62(71(5,68)69)39(65)59(3)12-13-63)34(55-24)30(16-21-14-22(45)17-23(46)15-21)56-31(64)19-60-37-32(36(57-60)43(52,53)54)27-18-28(27)42(37,50)51/h6-9,14-15,17,27-28,30,63H,12-13,16,18-20H2,1-5H3,(H,56,64)/t27-,28+,30-/m0/s1. The fourth-order valence-corrected chi connectivity index (χ4v) is 9.53. The molecule has 3 atom stereocenters. The largest absolute Gasteiger partial charge is 0.435 e. The molecule has 0 aliphatic heterocycles. The zero-order valence-corrected chi connectivity index (χ0v) is 39.9. The van der Waals surface area contributed by atoms with E-state index in [0.29, 0.717) is 17.2 Å². The summed E-state index contributed by atoms with van der Waals surface area (Å²) in [6, 6.07) is 3.36. The number of hydrogen-bond acceptors (Lipinski definition) is 10. The second-order valence-electron chi connectivity index (χ2n) is 17.5. The molecule has 2 N–H and O–H groups in total. The number of nitrogens with one attached hydrogen (secondary N) is 1. The van der Waals surface area contributed by atoms with Gasteiger partial charge in [-0.1, -0.05) is 23.6 Å². The smallest absolute Gasteiger partial charge is 0.395 e. The predicted molar refractivity (Wildman–Crippen MR) is 235 cm³/mol. The van der Waals surface area contributed by atoms with E-state index in [2.05, 4.69) is 32.3 Å². The van der Waals surface area contributed by atoms with E-state index >= 15 is 8.78 Å². The summed E-state index contributed by atoms with van der Waals surface area (Å²) in [6.07, 6.45) is -9.93. The number of aliphatic hydroxyl groups is 1.